The van der Waals surface area contributed by atoms with Crippen molar-refractivity contribution in [2.24, 2.45) is 66.2 Å². The molecule has 0 fully saturated rings. The molecule has 0 aliphatic rings. The summed E-state index contributed by atoms with van der Waals surface area (Å²) in [6, 6.07) is 0. The summed E-state index contributed by atoms with van der Waals surface area (Å²) in [7, 11) is -4.67. The summed E-state index contributed by atoms with van der Waals surface area (Å²) in [5.74, 6) is 1.08. The Hall–Kier alpha value is -2.65. The molecule has 0 unspecified atom stereocenters. The van der Waals surface area contributed by atoms with Gasteiger partial charge in [-0.15, -0.1) is 0 Å². The molecule has 0 saturated heterocycles. The van der Waals surface area contributed by atoms with Crippen molar-refractivity contribution in [3.63, 3.8) is 0 Å². The molecule has 0 radical (unpaired) electrons. The quantitative estimate of drug-likeness (QED) is 0.140. The molecule has 0 aliphatic heterocycles. The largest absolute Gasteiger partial charge is 0.394 e. The summed E-state index contributed by atoms with van der Waals surface area (Å²) in [6.45, 7) is 9.42. The van der Waals surface area contributed by atoms with E-state index in [4.69, 9.17) is 51.9 Å². The molecule has 0 saturated carbocycles. The number of aliphatic imine (C=N–C) groups is 4. The van der Waals surface area contributed by atoms with E-state index in [0.29, 0.717) is 24.9 Å². The van der Waals surface area contributed by atoms with E-state index in [0.717, 1.165) is 0 Å². The van der Waals surface area contributed by atoms with Gasteiger partial charge >= 0.3 is 10.4 Å². The predicted octanol–water partition coefficient (Wildman–Crippen LogP) is -2.19. The SMILES string of the molecule is CC(C)CN=C(N)N=C(N)N.CC(C)CN=C(N)N=C(N)N.O=S(=O)(O)O. The lowest BCUT2D eigenvalue weighted by molar-refractivity contribution is 0.381. The van der Waals surface area contributed by atoms with Gasteiger partial charge in [0.15, 0.2) is 11.9 Å². The molecule has 27 heavy (non-hydrogen) atoms. The van der Waals surface area contributed by atoms with E-state index in [2.05, 4.69) is 20.0 Å². The molecule has 0 amide bonds. The van der Waals surface area contributed by atoms with Crippen LogP contribution in [0.5, 0.6) is 0 Å². The van der Waals surface area contributed by atoms with Gasteiger partial charge in [0.05, 0.1) is 0 Å². The minimum absolute atomic E-state index is 0.0602. The predicted molar refractivity (Wildman–Crippen MR) is 108 cm³/mol. The van der Waals surface area contributed by atoms with Crippen LogP contribution in [0.3, 0.4) is 0 Å². The van der Waals surface area contributed by atoms with Crippen molar-refractivity contribution >= 4 is 34.2 Å². The van der Waals surface area contributed by atoms with Gasteiger partial charge in [-0.25, -0.2) is 0 Å². The van der Waals surface area contributed by atoms with Gasteiger partial charge in [0.1, 0.15) is 0 Å². The highest BCUT2D eigenvalue weighted by Crippen LogP contribution is 1.91. The van der Waals surface area contributed by atoms with Gasteiger partial charge in [0, 0.05) is 13.1 Å². The van der Waals surface area contributed by atoms with Crippen LogP contribution in [-0.4, -0.2) is 54.5 Å². The van der Waals surface area contributed by atoms with Crippen molar-refractivity contribution in [1.82, 2.24) is 0 Å². The highest BCUT2D eigenvalue weighted by atomic mass is 32.3. The fourth-order valence-corrected chi connectivity index (χ4v) is 0.887. The average Bonchev–Trinajstić information content (AvgIpc) is 2.40. The van der Waals surface area contributed by atoms with E-state index in [1.807, 2.05) is 27.7 Å². The number of nitrogens with two attached hydrogens (primary N) is 6. The maximum Gasteiger partial charge on any atom is 0.394 e. The van der Waals surface area contributed by atoms with Crippen LogP contribution in [0.25, 0.3) is 0 Å². The van der Waals surface area contributed by atoms with Crippen molar-refractivity contribution in [3.8, 4) is 0 Å². The Morgan fingerprint density at radius 2 is 0.963 bits per heavy atom. The molecular formula is C12H32N10O4S. The maximum absolute atomic E-state index is 8.74. The Balaban J connectivity index is -0.000000344. The van der Waals surface area contributed by atoms with Crippen LogP contribution in [0, 0.1) is 11.8 Å². The third-order valence-electron chi connectivity index (χ3n) is 1.72. The number of nitrogens with zero attached hydrogens (tertiary/aromatic N) is 4. The lowest BCUT2D eigenvalue weighted by atomic mass is 10.2. The van der Waals surface area contributed by atoms with Gasteiger partial charge in [0.2, 0.25) is 11.9 Å². The van der Waals surface area contributed by atoms with Crippen LogP contribution in [0.15, 0.2) is 20.0 Å². The van der Waals surface area contributed by atoms with Crippen LogP contribution in [-0.2, 0) is 10.4 Å². The van der Waals surface area contributed by atoms with Crippen molar-refractivity contribution in [3.05, 3.63) is 0 Å². The second-order valence-corrected chi connectivity index (χ2v) is 6.60. The molecule has 0 bridgehead atoms. The van der Waals surface area contributed by atoms with E-state index >= 15 is 0 Å². The highest BCUT2D eigenvalue weighted by molar-refractivity contribution is 7.79. The van der Waals surface area contributed by atoms with Gasteiger partial charge in [-0.2, -0.15) is 18.4 Å². The van der Waals surface area contributed by atoms with Crippen LogP contribution in [0.4, 0.5) is 0 Å². The normalized spacial score (nSPS) is 11.7. The Morgan fingerprint density at radius 1 is 0.741 bits per heavy atom. The van der Waals surface area contributed by atoms with Crippen LogP contribution >= 0.6 is 0 Å². The summed E-state index contributed by atoms with van der Waals surface area (Å²) in [5.41, 5.74) is 30.9. The number of hydrogen-bond donors (Lipinski definition) is 8. The monoisotopic (exact) mass is 412 g/mol. The van der Waals surface area contributed by atoms with Crippen molar-refractivity contribution in [2.45, 2.75) is 27.7 Å². The van der Waals surface area contributed by atoms with Gasteiger partial charge < -0.3 is 34.4 Å². The second-order valence-electron chi connectivity index (χ2n) is 5.71. The molecule has 0 heterocycles. The molecule has 0 rings (SSSR count). The highest BCUT2D eigenvalue weighted by Gasteiger charge is 1.92. The van der Waals surface area contributed by atoms with Crippen molar-refractivity contribution in [1.29, 1.82) is 0 Å². The van der Waals surface area contributed by atoms with Gasteiger partial charge in [-0.3, -0.25) is 19.1 Å². The molecular weight excluding hydrogens is 380 g/mol. The number of rotatable bonds is 4. The third kappa shape index (κ3) is 45.2. The third-order valence-corrected chi connectivity index (χ3v) is 1.72. The van der Waals surface area contributed by atoms with E-state index in [1.54, 1.807) is 0 Å². The maximum atomic E-state index is 8.74. The van der Waals surface area contributed by atoms with Crippen LogP contribution in [0.1, 0.15) is 27.7 Å². The summed E-state index contributed by atoms with van der Waals surface area (Å²) in [4.78, 5) is 14.9. The summed E-state index contributed by atoms with van der Waals surface area (Å²) < 4.78 is 31.6. The zero-order chi connectivity index (χ0) is 22.2. The summed E-state index contributed by atoms with van der Waals surface area (Å²) in [5, 5.41) is 0. The molecule has 0 atom stereocenters. The fourth-order valence-electron chi connectivity index (χ4n) is 0.887. The van der Waals surface area contributed by atoms with Crippen LogP contribution < -0.4 is 34.4 Å². The summed E-state index contributed by atoms with van der Waals surface area (Å²) >= 11 is 0. The molecule has 0 aromatic carbocycles. The first kappa shape index (κ1) is 29.1. The average molecular weight is 413 g/mol. The molecule has 14 nitrogen and oxygen atoms in total. The fraction of sp³-hybridized carbons (Fsp3) is 0.667. The lowest BCUT2D eigenvalue weighted by Gasteiger charge is -1.98. The molecule has 0 aliphatic carbocycles. The minimum atomic E-state index is -4.67. The summed E-state index contributed by atoms with van der Waals surface area (Å²) in [6.07, 6.45) is 0. The first-order chi connectivity index (χ1) is 12.0. The van der Waals surface area contributed by atoms with E-state index < -0.39 is 10.4 Å². The van der Waals surface area contributed by atoms with Crippen molar-refractivity contribution in [2.75, 3.05) is 13.1 Å². The minimum Gasteiger partial charge on any atom is -0.370 e. The Kier molecular flexibility index (Phi) is 16.8. The van der Waals surface area contributed by atoms with Gasteiger partial charge in [0.25, 0.3) is 0 Å². The molecule has 160 valence electrons. The van der Waals surface area contributed by atoms with Gasteiger partial charge in [-0.05, 0) is 11.8 Å². The molecule has 0 aromatic heterocycles. The number of guanidine groups is 4. The first-order valence-corrected chi connectivity index (χ1v) is 8.93. The van der Waals surface area contributed by atoms with Crippen molar-refractivity contribution < 1.29 is 17.5 Å². The van der Waals surface area contributed by atoms with E-state index in [9.17, 15) is 0 Å². The zero-order valence-corrected chi connectivity index (χ0v) is 16.8. The zero-order valence-electron chi connectivity index (χ0n) is 15.9. The Labute approximate surface area is 159 Å². The van der Waals surface area contributed by atoms with Crippen LogP contribution in [0.2, 0.25) is 0 Å². The second kappa shape index (κ2) is 15.6. The van der Waals surface area contributed by atoms with E-state index in [1.165, 1.54) is 0 Å². The molecule has 0 spiro atoms. The molecule has 15 heteroatoms. The lowest BCUT2D eigenvalue weighted by Crippen LogP contribution is -2.26. The Bertz CT molecular complexity index is 570. The Morgan fingerprint density at radius 3 is 1.11 bits per heavy atom. The molecule has 14 N–H and O–H groups in total. The topological polar surface area (TPSA) is 280 Å². The smallest absolute Gasteiger partial charge is 0.370 e. The number of hydrogen-bond acceptors (Lipinski definition) is 4. The molecule has 0 aromatic rings. The standard InChI is InChI=1S/2C6H15N5.H2O4S/c2*1-4(2)3-10-6(9)11-5(7)8;1-5(2,3)4/h2*4H,3H2,1-2H3,(H6,7,8,9,10,11);(H2,1,2,3,4). The van der Waals surface area contributed by atoms with E-state index in [-0.39, 0.29) is 23.8 Å². The first-order valence-electron chi connectivity index (χ1n) is 7.53. The van der Waals surface area contributed by atoms with Gasteiger partial charge in [-0.1, -0.05) is 27.7 Å².